The minimum absolute atomic E-state index is 0.155. The van der Waals surface area contributed by atoms with Crippen LogP contribution in [0.15, 0.2) is 12.1 Å². The lowest BCUT2D eigenvalue weighted by Crippen LogP contribution is -2.10. The molecule has 0 aliphatic heterocycles. The predicted molar refractivity (Wildman–Crippen MR) is 40.0 cm³/mol. The average molecular weight is 203 g/mol. The van der Waals surface area contributed by atoms with Crippen LogP contribution >= 0.6 is 0 Å². The van der Waals surface area contributed by atoms with Gasteiger partial charge in [-0.1, -0.05) is 0 Å². The second-order valence-corrected chi connectivity index (χ2v) is 2.44. The lowest BCUT2D eigenvalue weighted by Gasteiger charge is -2.06. The molecule has 0 saturated heterocycles. The summed E-state index contributed by atoms with van der Waals surface area (Å²) in [5.41, 5.74) is -1.89. The number of aromatic nitrogens is 1. The second-order valence-electron chi connectivity index (χ2n) is 2.44. The summed E-state index contributed by atoms with van der Waals surface area (Å²) in [6, 6.07) is 1.56. The molecule has 0 aliphatic carbocycles. The molecule has 1 heterocycles. The summed E-state index contributed by atoms with van der Waals surface area (Å²) >= 11 is 0. The largest absolute Gasteiger partial charge is 0.433 e. The number of hydrogen-bond donors (Lipinski definition) is 0. The van der Waals surface area contributed by atoms with Gasteiger partial charge in [-0.05, 0) is 12.1 Å². The van der Waals surface area contributed by atoms with Crippen LogP contribution in [0.1, 0.15) is 26.5 Å². The van der Waals surface area contributed by atoms with E-state index in [4.69, 9.17) is 0 Å². The van der Waals surface area contributed by atoms with E-state index in [1.165, 1.54) is 0 Å². The van der Waals surface area contributed by atoms with Crippen LogP contribution in [0.2, 0.25) is 0 Å². The minimum atomic E-state index is -4.66. The van der Waals surface area contributed by atoms with Crippen LogP contribution in [0.5, 0.6) is 0 Å². The van der Waals surface area contributed by atoms with Crippen molar-refractivity contribution in [1.82, 2.24) is 4.98 Å². The number of rotatable bonds is 2. The molecule has 0 spiro atoms. The van der Waals surface area contributed by atoms with Crippen molar-refractivity contribution in [2.75, 3.05) is 0 Å². The van der Waals surface area contributed by atoms with Crippen molar-refractivity contribution in [2.45, 2.75) is 6.18 Å². The van der Waals surface area contributed by atoms with Crippen molar-refractivity contribution >= 4 is 12.6 Å². The van der Waals surface area contributed by atoms with E-state index >= 15 is 0 Å². The summed E-state index contributed by atoms with van der Waals surface area (Å²) in [6.45, 7) is 0. The van der Waals surface area contributed by atoms with Crippen molar-refractivity contribution in [2.24, 2.45) is 0 Å². The summed E-state index contributed by atoms with van der Waals surface area (Å²) in [5, 5.41) is 0. The highest BCUT2D eigenvalue weighted by atomic mass is 19.4. The molecular formula is C8H4F3NO2. The molecule has 0 amide bonds. The number of carbonyl (C=O) groups excluding carboxylic acids is 2. The van der Waals surface area contributed by atoms with Crippen molar-refractivity contribution in [1.29, 1.82) is 0 Å². The van der Waals surface area contributed by atoms with E-state index in [0.29, 0.717) is 6.07 Å². The average Bonchev–Trinajstić information content (AvgIpc) is 2.15. The van der Waals surface area contributed by atoms with Crippen molar-refractivity contribution in [3.8, 4) is 0 Å². The number of aldehydes is 2. The molecule has 0 N–H and O–H groups in total. The van der Waals surface area contributed by atoms with Gasteiger partial charge in [0, 0.05) is 5.56 Å². The third-order valence-electron chi connectivity index (χ3n) is 1.41. The number of pyridine rings is 1. The van der Waals surface area contributed by atoms with E-state index in [1.54, 1.807) is 0 Å². The van der Waals surface area contributed by atoms with E-state index in [-0.39, 0.29) is 18.1 Å². The van der Waals surface area contributed by atoms with Gasteiger partial charge in [0.05, 0.1) is 0 Å². The Morgan fingerprint density at radius 3 is 2.21 bits per heavy atom. The first-order valence-corrected chi connectivity index (χ1v) is 3.47. The first-order valence-electron chi connectivity index (χ1n) is 3.47. The third-order valence-corrected chi connectivity index (χ3v) is 1.41. The molecule has 0 aromatic carbocycles. The zero-order valence-electron chi connectivity index (χ0n) is 6.71. The summed E-state index contributed by atoms with van der Waals surface area (Å²) in [6.07, 6.45) is -4.27. The third kappa shape index (κ3) is 2.15. The quantitative estimate of drug-likeness (QED) is 0.687. The molecule has 1 aromatic rings. The molecule has 1 rings (SSSR count). The Hall–Kier alpha value is -1.72. The molecule has 0 unspecified atom stereocenters. The first kappa shape index (κ1) is 10.4. The molecule has 14 heavy (non-hydrogen) atoms. The van der Waals surface area contributed by atoms with E-state index < -0.39 is 17.6 Å². The molecule has 0 fully saturated rings. The van der Waals surface area contributed by atoms with Crippen molar-refractivity contribution in [3.05, 3.63) is 29.1 Å². The Balaban J connectivity index is 3.31. The summed E-state index contributed by atoms with van der Waals surface area (Å²) in [5.74, 6) is 0. The number of carbonyl (C=O) groups is 2. The second kappa shape index (κ2) is 3.57. The smallest absolute Gasteiger partial charge is 0.298 e. The van der Waals surface area contributed by atoms with Crippen molar-refractivity contribution in [3.63, 3.8) is 0 Å². The maximum Gasteiger partial charge on any atom is 0.433 e. The van der Waals surface area contributed by atoms with Gasteiger partial charge in [0.1, 0.15) is 17.7 Å². The monoisotopic (exact) mass is 203 g/mol. The zero-order valence-corrected chi connectivity index (χ0v) is 6.71. The molecule has 0 saturated carbocycles. The zero-order chi connectivity index (χ0) is 10.8. The highest BCUT2D eigenvalue weighted by Crippen LogP contribution is 2.27. The molecule has 0 bridgehead atoms. The summed E-state index contributed by atoms with van der Waals surface area (Å²) in [7, 11) is 0. The van der Waals surface area contributed by atoms with Crippen LogP contribution in [-0.2, 0) is 6.18 Å². The van der Waals surface area contributed by atoms with Gasteiger partial charge in [-0.2, -0.15) is 13.2 Å². The van der Waals surface area contributed by atoms with Crippen LogP contribution in [0, 0.1) is 0 Å². The number of halogens is 3. The fourth-order valence-corrected chi connectivity index (χ4v) is 0.848. The molecule has 6 heteroatoms. The van der Waals surface area contributed by atoms with E-state index in [9.17, 15) is 22.8 Å². The Bertz CT molecular complexity index is 347. The fourth-order valence-electron chi connectivity index (χ4n) is 0.848. The van der Waals surface area contributed by atoms with E-state index in [1.807, 2.05) is 0 Å². The fraction of sp³-hybridized carbons (Fsp3) is 0.125. The van der Waals surface area contributed by atoms with Gasteiger partial charge in [0.2, 0.25) is 0 Å². The van der Waals surface area contributed by atoms with Crippen LogP contribution in [0.4, 0.5) is 13.2 Å². The lowest BCUT2D eigenvalue weighted by molar-refractivity contribution is -0.141. The van der Waals surface area contributed by atoms with Crippen LogP contribution in [0.25, 0.3) is 0 Å². The van der Waals surface area contributed by atoms with Gasteiger partial charge in [-0.3, -0.25) is 9.59 Å². The maximum absolute atomic E-state index is 12.1. The van der Waals surface area contributed by atoms with E-state index in [2.05, 4.69) is 4.98 Å². The Morgan fingerprint density at radius 2 is 1.79 bits per heavy atom. The Kier molecular flexibility index (Phi) is 2.64. The van der Waals surface area contributed by atoms with Crippen molar-refractivity contribution < 1.29 is 22.8 Å². The lowest BCUT2D eigenvalue weighted by atomic mass is 10.2. The predicted octanol–water partition coefficient (Wildman–Crippen LogP) is 1.73. The topological polar surface area (TPSA) is 47.0 Å². The van der Waals surface area contributed by atoms with Gasteiger partial charge in [-0.25, -0.2) is 4.98 Å². The molecular weight excluding hydrogens is 199 g/mol. The number of hydrogen-bond acceptors (Lipinski definition) is 3. The Morgan fingerprint density at radius 1 is 1.14 bits per heavy atom. The normalized spacial score (nSPS) is 11.1. The van der Waals surface area contributed by atoms with Gasteiger partial charge in [0.15, 0.2) is 6.29 Å². The van der Waals surface area contributed by atoms with Crippen LogP contribution in [-0.4, -0.2) is 17.6 Å². The molecule has 0 radical (unpaired) electrons. The Labute approximate surface area is 76.6 Å². The molecule has 0 atom stereocenters. The van der Waals surface area contributed by atoms with E-state index in [0.717, 1.165) is 6.07 Å². The molecule has 1 aromatic heterocycles. The first-order chi connectivity index (χ1) is 6.47. The highest BCUT2D eigenvalue weighted by Gasteiger charge is 2.33. The minimum Gasteiger partial charge on any atom is -0.298 e. The van der Waals surface area contributed by atoms with Crippen LogP contribution in [0.3, 0.4) is 0 Å². The summed E-state index contributed by atoms with van der Waals surface area (Å²) in [4.78, 5) is 23.5. The van der Waals surface area contributed by atoms with Gasteiger partial charge < -0.3 is 0 Å². The molecule has 3 nitrogen and oxygen atoms in total. The SMILES string of the molecule is O=Cc1cc(C=O)nc(C(F)(F)F)c1. The van der Waals surface area contributed by atoms with Gasteiger partial charge >= 0.3 is 6.18 Å². The standard InChI is InChI=1S/C8H4F3NO2/c9-8(10,11)7-2-5(3-13)1-6(4-14)12-7/h1-4H. The number of nitrogens with zero attached hydrogens (tertiary/aromatic N) is 1. The van der Waals surface area contributed by atoms with Gasteiger partial charge in [-0.15, -0.1) is 0 Å². The van der Waals surface area contributed by atoms with Crippen LogP contribution < -0.4 is 0 Å². The highest BCUT2D eigenvalue weighted by molar-refractivity contribution is 5.80. The maximum atomic E-state index is 12.1. The summed E-state index contributed by atoms with van der Waals surface area (Å²) < 4.78 is 36.4. The number of alkyl halides is 3. The van der Waals surface area contributed by atoms with Gasteiger partial charge in [0.25, 0.3) is 0 Å². The molecule has 0 aliphatic rings. The molecule has 74 valence electrons.